The average molecular weight is 297 g/mol. The molecule has 0 bridgehead atoms. The van der Waals surface area contributed by atoms with Crippen LogP contribution in [0.15, 0.2) is 36.4 Å². The maximum atomic E-state index is 11.9. The quantitative estimate of drug-likeness (QED) is 0.882. The molecule has 116 valence electrons. The maximum Gasteiger partial charge on any atom is 0.244 e. The van der Waals surface area contributed by atoms with Crippen LogP contribution in [-0.2, 0) is 4.79 Å². The number of carbonyl (C=O) groups is 1. The van der Waals surface area contributed by atoms with Crippen molar-refractivity contribution in [1.29, 1.82) is 0 Å². The van der Waals surface area contributed by atoms with Crippen LogP contribution in [0.5, 0.6) is 0 Å². The fourth-order valence-corrected chi connectivity index (χ4v) is 2.29. The van der Waals surface area contributed by atoms with E-state index in [9.17, 15) is 4.79 Å². The minimum Gasteiger partial charge on any atom is -0.348 e. The lowest BCUT2D eigenvalue weighted by Gasteiger charge is -2.18. The molecule has 0 spiro atoms. The Balaban J connectivity index is 2.26. The van der Waals surface area contributed by atoms with Crippen molar-refractivity contribution in [2.75, 3.05) is 0 Å². The predicted molar refractivity (Wildman–Crippen MR) is 90.0 cm³/mol. The number of para-hydroxylation sites is 1. The summed E-state index contributed by atoms with van der Waals surface area (Å²) in [6.07, 6.45) is 3.40. The normalized spacial score (nSPS) is 11.9. The van der Waals surface area contributed by atoms with Gasteiger partial charge in [-0.15, -0.1) is 0 Å². The first-order valence-corrected chi connectivity index (χ1v) is 7.40. The summed E-state index contributed by atoms with van der Waals surface area (Å²) < 4.78 is 1.90. The van der Waals surface area contributed by atoms with Crippen molar-refractivity contribution < 1.29 is 4.79 Å². The van der Waals surface area contributed by atoms with Gasteiger partial charge in [0, 0.05) is 22.9 Å². The number of nitrogens with zero attached hydrogens (tertiary/aromatic N) is 2. The predicted octanol–water partition coefficient (Wildman–Crippen LogP) is 3.42. The molecule has 2 aromatic rings. The number of benzene rings is 1. The first-order valence-electron chi connectivity index (χ1n) is 7.40. The molecule has 0 aliphatic carbocycles. The van der Waals surface area contributed by atoms with Gasteiger partial charge in [-0.1, -0.05) is 18.2 Å². The van der Waals surface area contributed by atoms with Crippen LogP contribution < -0.4 is 5.32 Å². The Hall–Kier alpha value is -2.36. The number of nitrogens with one attached hydrogen (secondary N) is 1. The lowest BCUT2D eigenvalue weighted by Crippen LogP contribution is -2.39. The zero-order valence-corrected chi connectivity index (χ0v) is 13.8. The smallest absolute Gasteiger partial charge is 0.244 e. The van der Waals surface area contributed by atoms with E-state index in [1.54, 1.807) is 6.08 Å². The van der Waals surface area contributed by atoms with Crippen molar-refractivity contribution in [1.82, 2.24) is 15.1 Å². The maximum absolute atomic E-state index is 11.9. The number of carbonyl (C=O) groups excluding carboxylic acids is 1. The van der Waals surface area contributed by atoms with Crippen LogP contribution >= 0.6 is 0 Å². The fourth-order valence-electron chi connectivity index (χ4n) is 2.29. The zero-order valence-electron chi connectivity index (χ0n) is 13.8. The Morgan fingerprint density at radius 2 is 1.82 bits per heavy atom. The lowest BCUT2D eigenvalue weighted by molar-refractivity contribution is -0.117. The Morgan fingerprint density at radius 3 is 2.41 bits per heavy atom. The number of hydrogen-bond acceptors (Lipinski definition) is 2. The summed E-state index contributed by atoms with van der Waals surface area (Å²) in [6, 6.07) is 9.97. The molecule has 1 amide bonds. The van der Waals surface area contributed by atoms with Crippen LogP contribution in [0.3, 0.4) is 0 Å². The van der Waals surface area contributed by atoms with Crippen molar-refractivity contribution in [2.24, 2.45) is 0 Å². The molecular formula is C18H23N3O. The minimum atomic E-state index is -0.236. The van der Waals surface area contributed by atoms with Crippen LogP contribution in [0.1, 0.15) is 37.7 Å². The third-order valence-corrected chi connectivity index (χ3v) is 3.25. The van der Waals surface area contributed by atoms with Crippen LogP contribution in [0.25, 0.3) is 11.8 Å². The number of aromatic nitrogens is 2. The van der Waals surface area contributed by atoms with Crippen LogP contribution in [0, 0.1) is 13.8 Å². The minimum absolute atomic E-state index is 0.0984. The van der Waals surface area contributed by atoms with Gasteiger partial charge in [-0.3, -0.25) is 4.79 Å². The van der Waals surface area contributed by atoms with Gasteiger partial charge in [0.15, 0.2) is 0 Å². The Kier molecular flexibility index (Phi) is 4.50. The van der Waals surface area contributed by atoms with Gasteiger partial charge in [-0.2, -0.15) is 5.10 Å². The first-order chi connectivity index (χ1) is 10.3. The molecule has 1 aromatic heterocycles. The molecule has 1 N–H and O–H groups in total. The van der Waals surface area contributed by atoms with E-state index in [1.165, 1.54) is 0 Å². The molecule has 4 heteroatoms. The highest BCUT2D eigenvalue weighted by Crippen LogP contribution is 2.19. The highest BCUT2D eigenvalue weighted by Gasteiger charge is 2.13. The molecule has 22 heavy (non-hydrogen) atoms. The van der Waals surface area contributed by atoms with Gasteiger partial charge in [0.2, 0.25) is 5.91 Å². The zero-order chi connectivity index (χ0) is 16.3. The summed E-state index contributed by atoms with van der Waals surface area (Å²) in [5, 5.41) is 7.48. The van der Waals surface area contributed by atoms with E-state index in [0.717, 1.165) is 22.6 Å². The molecule has 0 aliphatic heterocycles. The van der Waals surface area contributed by atoms with Crippen LogP contribution in [0.2, 0.25) is 0 Å². The molecule has 0 atom stereocenters. The molecule has 0 unspecified atom stereocenters. The van der Waals surface area contributed by atoms with E-state index < -0.39 is 0 Å². The molecule has 0 aliphatic rings. The third kappa shape index (κ3) is 3.85. The van der Waals surface area contributed by atoms with E-state index in [1.807, 2.05) is 75.7 Å². The second-order valence-corrected chi connectivity index (χ2v) is 6.40. The number of hydrogen-bond donors (Lipinski definition) is 1. The molecule has 4 nitrogen and oxygen atoms in total. The fraction of sp³-hybridized carbons (Fsp3) is 0.333. The summed E-state index contributed by atoms with van der Waals surface area (Å²) in [7, 11) is 0. The summed E-state index contributed by atoms with van der Waals surface area (Å²) in [5.74, 6) is -0.0984. The Morgan fingerprint density at radius 1 is 1.18 bits per heavy atom. The van der Waals surface area contributed by atoms with Crippen LogP contribution in [-0.4, -0.2) is 21.2 Å². The van der Waals surface area contributed by atoms with Crippen molar-refractivity contribution in [3.63, 3.8) is 0 Å². The van der Waals surface area contributed by atoms with Crippen molar-refractivity contribution >= 4 is 12.0 Å². The Bertz CT molecular complexity index is 691. The van der Waals surface area contributed by atoms with Gasteiger partial charge in [-0.05, 0) is 52.8 Å². The number of rotatable bonds is 3. The van der Waals surface area contributed by atoms with Gasteiger partial charge >= 0.3 is 0 Å². The van der Waals surface area contributed by atoms with E-state index in [2.05, 4.69) is 10.4 Å². The summed E-state index contributed by atoms with van der Waals surface area (Å²) in [4.78, 5) is 11.9. The highest BCUT2D eigenvalue weighted by atomic mass is 16.1. The Labute approximate surface area is 131 Å². The van der Waals surface area contributed by atoms with E-state index in [4.69, 9.17) is 0 Å². The molecule has 1 heterocycles. The molecular weight excluding hydrogens is 274 g/mol. The topological polar surface area (TPSA) is 46.9 Å². The van der Waals surface area contributed by atoms with Gasteiger partial charge in [-0.25, -0.2) is 4.68 Å². The van der Waals surface area contributed by atoms with E-state index >= 15 is 0 Å². The monoisotopic (exact) mass is 297 g/mol. The summed E-state index contributed by atoms with van der Waals surface area (Å²) >= 11 is 0. The highest BCUT2D eigenvalue weighted by molar-refractivity contribution is 5.92. The second kappa shape index (κ2) is 6.18. The van der Waals surface area contributed by atoms with Crippen molar-refractivity contribution in [3.8, 4) is 5.69 Å². The van der Waals surface area contributed by atoms with Gasteiger partial charge in [0.05, 0.1) is 11.4 Å². The van der Waals surface area contributed by atoms with E-state index in [-0.39, 0.29) is 11.4 Å². The average Bonchev–Trinajstić information content (AvgIpc) is 2.71. The van der Waals surface area contributed by atoms with Gasteiger partial charge in [0.25, 0.3) is 0 Å². The molecule has 0 saturated carbocycles. The standard InChI is InChI=1S/C18H23N3O/c1-13-16(11-12-17(22)19-18(3,4)5)14(2)21(20-13)15-9-7-6-8-10-15/h6-12H,1-5H3,(H,19,22)/b12-11+. The van der Waals surface area contributed by atoms with Gasteiger partial charge in [0.1, 0.15) is 0 Å². The molecule has 1 aromatic carbocycles. The lowest BCUT2D eigenvalue weighted by atomic mass is 10.1. The van der Waals surface area contributed by atoms with E-state index in [0.29, 0.717) is 0 Å². The SMILES string of the molecule is Cc1nn(-c2ccccc2)c(C)c1/C=C/C(=O)NC(C)(C)C. The molecule has 0 radical (unpaired) electrons. The largest absolute Gasteiger partial charge is 0.348 e. The first kappa shape index (κ1) is 16.0. The second-order valence-electron chi connectivity index (χ2n) is 6.40. The molecule has 0 fully saturated rings. The number of aryl methyl sites for hydroxylation is 1. The van der Waals surface area contributed by atoms with Crippen molar-refractivity contribution in [3.05, 3.63) is 53.4 Å². The third-order valence-electron chi connectivity index (χ3n) is 3.25. The van der Waals surface area contributed by atoms with Crippen molar-refractivity contribution in [2.45, 2.75) is 40.2 Å². The summed E-state index contributed by atoms with van der Waals surface area (Å²) in [6.45, 7) is 9.84. The summed E-state index contributed by atoms with van der Waals surface area (Å²) in [5.41, 5.74) is 3.68. The van der Waals surface area contributed by atoms with Gasteiger partial charge < -0.3 is 5.32 Å². The van der Waals surface area contributed by atoms with Crippen LogP contribution in [0.4, 0.5) is 0 Å². The number of amides is 1. The molecule has 2 rings (SSSR count). The molecule has 0 saturated heterocycles.